The summed E-state index contributed by atoms with van der Waals surface area (Å²) in [6.07, 6.45) is 1.64. The molecule has 1 heterocycles. The minimum Gasteiger partial charge on any atom is -0.497 e. The molecule has 5 rings (SSSR count). The molecule has 0 fully saturated rings. The number of nitrogens with one attached hydrogen (secondary N) is 1. The molecular formula is C37H37ClN4O7S2. The first-order valence-corrected chi connectivity index (χ1v) is 19.1. The van der Waals surface area contributed by atoms with Crippen molar-refractivity contribution in [1.29, 1.82) is 0 Å². The Balaban J connectivity index is 1.27. The molecule has 0 aliphatic rings. The summed E-state index contributed by atoms with van der Waals surface area (Å²) in [7, 11) is -6.51. The molecule has 0 spiro atoms. The molecule has 0 unspecified atom stereocenters. The molecule has 0 saturated heterocycles. The van der Waals surface area contributed by atoms with Crippen LogP contribution in [0.25, 0.3) is 0 Å². The quantitative estimate of drug-likeness (QED) is 0.0962. The van der Waals surface area contributed by atoms with Crippen LogP contribution in [0.4, 0.5) is 0 Å². The van der Waals surface area contributed by atoms with E-state index in [4.69, 9.17) is 20.8 Å². The highest BCUT2D eigenvalue weighted by atomic mass is 35.5. The molecule has 1 amide bonds. The summed E-state index contributed by atoms with van der Waals surface area (Å²) in [6, 6.07) is 32.0. The zero-order chi connectivity index (χ0) is 36.4. The predicted molar refractivity (Wildman–Crippen MR) is 195 cm³/mol. The molecule has 51 heavy (non-hydrogen) atoms. The molecule has 0 radical (unpaired) electrons. The smallest absolute Gasteiger partial charge is 0.255 e. The Labute approximate surface area is 303 Å². The second kappa shape index (κ2) is 16.9. The van der Waals surface area contributed by atoms with Gasteiger partial charge in [0.1, 0.15) is 17.3 Å². The molecule has 0 bridgehead atoms. The van der Waals surface area contributed by atoms with Crippen molar-refractivity contribution < 1.29 is 30.8 Å². The van der Waals surface area contributed by atoms with Crippen molar-refractivity contribution in [3.05, 3.63) is 148 Å². The number of nitrogens with zero attached hydrogens (tertiary/aromatic N) is 3. The number of methoxy groups -OCH3 is 1. The minimum atomic E-state index is -4.05. The zero-order valence-corrected chi connectivity index (χ0v) is 30.4. The van der Waals surface area contributed by atoms with Crippen LogP contribution < -0.4 is 10.2 Å². The summed E-state index contributed by atoms with van der Waals surface area (Å²) in [5, 5.41) is 4.38. The highest BCUT2D eigenvalue weighted by Gasteiger charge is 2.28. The lowest BCUT2D eigenvalue weighted by Gasteiger charge is -2.21. The van der Waals surface area contributed by atoms with Crippen LogP contribution in [0.1, 0.15) is 28.2 Å². The number of hydrazone groups is 1. The Bertz CT molecular complexity index is 2160. The van der Waals surface area contributed by atoms with E-state index < -0.39 is 32.5 Å². The van der Waals surface area contributed by atoms with Gasteiger partial charge in [-0.2, -0.15) is 13.7 Å². The molecule has 0 saturated carbocycles. The Morgan fingerprint density at radius 3 is 2.06 bits per heavy atom. The van der Waals surface area contributed by atoms with Crippen LogP contribution >= 0.6 is 11.6 Å². The second-order valence-corrected chi connectivity index (χ2v) is 15.9. The molecular weight excluding hydrogens is 712 g/mol. The van der Waals surface area contributed by atoms with Crippen molar-refractivity contribution in [1.82, 2.24) is 14.0 Å². The van der Waals surface area contributed by atoms with Gasteiger partial charge < -0.3 is 9.15 Å². The van der Waals surface area contributed by atoms with Crippen molar-refractivity contribution >= 4 is 43.8 Å². The Morgan fingerprint density at radius 2 is 1.41 bits per heavy atom. The maximum atomic E-state index is 13.7. The number of carbonyl (C=O) groups is 1. The lowest BCUT2D eigenvalue weighted by atomic mass is 10.1. The lowest BCUT2D eigenvalue weighted by Crippen LogP contribution is -2.40. The topological polar surface area (TPSA) is 139 Å². The van der Waals surface area contributed by atoms with Gasteiger partial charge in [-0.05, 0) is 85.1 Å². The largest absolute Gasteiger partial charge is 0.497 e. The summed E-state index contributed by atoms with van der Waals surface area (Å²) in [5.74, 6) is 0.419. The lowest BCUT2D eigenvalue weighted by molar-refractivity contribution is -0.121. The van der Waals surface area contributed by atoms with Crippen LogP contribution in [0.15, 0.2) is 135 Å². The SMILES string of the molecule is COc1ccc(S(=O)(=O)N(CCc2ccccc2)CC(=O)N/N=C\c2ccc(CN(Cc3ccc(C)cc3)S(=O)(=O)c3ccc(Cl)cc3)o2)cc1. The number of benzene rings is 4. The maximum Gasteiger partial charge on any atom is 0.255 e. The van der Waals surface area contributed by atoms with Gasteiger partial charge in [-0.3, -0.25) is 4.79 Å². The number of rotatable bonds is 16. The minimum absolute atomic E-state index is 0.0188. The van der Waals surface area contributed by atoms with Crippen molar-refractivity contribution in [2.75, 3.05) is 20.2 Å². The van der Waals surface area contributed by atoms with Crippen LogP contribution in [-0.2, 0) is 44.4 Å². The Kier molecular flexibility index (Phi) is 12.4. The fraction of sp³-hybridized carbons (Fsp3) is 0.189. The normalized spacial score (nSPS) is 12.1. The van der Waals surface area contributed by atoms with E-state index in [0.717, 1.165) is 21.0 Å². The van der Waals surface area contributed by atoms with Crippen LogP contribution in [-0.4, -0.2) is 57.8 Å². The molecule has 11 nitrogen and oxygen atoms in total. The first-order chi connectivity index (χ1) is 24.4. The average Bonchev–Trinajstić information content (AvgIpc) is 3.58. The van der Waals surface area contributed by atoms with Crippen LogP contribution in [0.5, 0.6) is 5.75 Å². The number of carbonyl (C=O) groups excluding carboxylic acids is 1. The first kappa shape index (κ1) is 37.5. The molecule has 14 heteroatoms. The third-order valence-electron chi connectivity index (χ3n) is 7.84. The van der Waals surface area contributed by atoms with Gasteiger partial charge >= 0.3 is 0 Å². The van der Waals surface area contributed by atoms with Gasteiger partial charge in [0, 0.05) is 18.1 Å². The number of sulfonamides is 2. The van der Waals surface area contributed by atoms with Gasteiger partial charge in [0.15, 0.2) is 0 Å². The van der Waals surface area contributed by atoms with Gasteiger partial charge in [0.2, 0.25) is 20.0 Å². The van der Waals surface area contributed by atoms with E-state index >= 15 is 0 Å². The molecule has 5 aromatic rings. The van der Waals surface area contributed by atoms with E-state index in [1.54, 1.807) is 24.3 Å². The average molecular weight is 749 g/mol. The summed E-state index contributed by atoms with van der Waals surface area (Å²) in [4.78, 5) is 13.1. The van der Waals surface area contributed by atoms with Crippen molar-refractivity contribution in [3.63, 3.8) is 0 Å². The molecule has 0 aliphatic carbocycles. The number of halogens is 1. The number of amides is 1. The maximum absolute atomic E-state index is 13.7. The number of aryl methyl sites for hydroxylation is 1. The molecule has 0 atom stereocenters. The first-order valence-electron chi connectivity index (χ1n) is 15.8. The van der Waals surface area contributed by atoms with Gasteiger partial charge in [0.05, 0.1) is 36.2 Å². The Morgan fingerprint density at radius 1 is 0.784 bits per heavy atom. The van der Waals surface area contributed by atoms with E-state index in [1.165, 1.54) is 54.0 Å². The summed E-state index contributed by atoms with van der Waals surface area (Å²) < 4.78 is 68.0. The van der Waals surface area contributed by atoms with Gasteiger partial charge in [-0.15, -0.1) is 0 Å². The molecule has 1 aromatic heterocycles. The number of hydrogen-bond acceptors (Lipinski definition) is 8. The number of hydrogen-bond donors (Lipinski definition) is 1. The van der Waals surface area contributed by atoms with E-state index in [-0.39, 0.29) is 35.2 Å². The molecule has 4 aromatic carbocycles. The third-order valence-corrected chi connectivity index (χ3v) is 11.8. The second-order valence-electron chi connectivity index (χ2n) is 11.6. The van der Waals surface area contributed by atoms with Crippen LogP contribution in [0, 0.1) is 6.92 Å². The molecule has 0 aliphatic heterocycles. The Hall–Kier alpha value is -4.79. The van der Waals surface area contributed by atoms with Gasteiger partial charge in [0.25, 0.3) is 5.91 Å². The van der Waals surface area contributed by atoms with E-state index in [9.17, 15) is 21.6 Å². The number of ether oxygens (including phenoxy) is 1. The monoisotopic (exact) mass is 748 g/mol. The summed E-state index contributed by atoms with van der Waals surface area (Å²) >= 11 is 6.00. The molecule has 266 valence electrons. The predicted octanol–water partition coefficient (Wildman–Crippen LogP) is 6.02. The third kappa shape index (κ3) is 10.1. The standard InChI is InChI=1S/C37H37ClN4O7S2/c1-28-8-10-30(11-9-28)25-42(51(46,47)35-18-12-31(38)13-19-35)26-34-15-14-33(49-34)24-39-40-37(43)27-41(23-22-29-6-4-3-5-7-29)50(44,45)36-20-16-32(48-2)17-21-36/h3-21,24H,22-23,25-27H2,1-2H3,(H,40,43)/b39-24-. The van der Waals surface area contributed by atoms with Crippen molar-refractivity contribution in [2.24, 2.45) is 5.10 Å². The van der Waals surface area contributed by atoms with Crippen LogP contribution in [0.3, 0.4) is 0 Å². The van der Waals surface area contributed by atoms with E-state index in [1.807, 2.05) is 61.5 Å². The highest BCUT2D eigenvalue weighted by molar-refractivity contribution is 7.89. The van der Waals surface area contributed by atoms with Gasteiger partial charge in [-0.1, -0.05) is 71.8 Å². The highest BCUT2D eigenvalue weighted by Crippen LogP contribution is 2.24. The van der Waals surface area contributed by atoms with Crippen molar-refractivity contribution in [3.8, 4) is 5.75 Å². The fourth-order valence-electron chi connectivity index (χ4n) is 5.04. The zero-order valence-electron chi connectivity index (χ0n) is 28.0. The van der Waals surface area contributed by atoms with Crippen LogP contribution in [0.2, 0.25) is 5.02 Å². The van der Waals surface area contributed by atoms with E-state index in [0.29, 0.717) is 23.0 Å². The summed E-state index contributed by atoms with van der Waals surface area (Å²) in [5.41, 5.74) is 5.12. The fourth-order valence-corrected chi connectivity index (χ4v) is 7.96. The van der Waals surface area contributed by atoms with Crippen molar-refractivity contribution in [2.45, 2.75) is 36.2 Å². The summed E-state index contributed by atoms with van der Waals surface area (Å²) in [6.45, 7) is 1.52. The molecule has 1 N–H and O–H groups in total. The van der Waals surface area contributed by atoms with Gasteiger partial charge in [-0.25, -0.2) is 22.3 Å². The number of furan rings is 1. The van der Waals surface area contributed by atoms with E-state index in [2.05, 4.69) is 10.5 Å².